The van der Waals surface area contributed by atoms with Crippen LogP contribution in [0.3, 0.4) is 0 Å². The number of aliphatic imine (C=N–C) groups is 1. The highest BCUT2D eigenvalue weighted by Gasteiger charge is 2.24. The van der Waals surface area contributed by atoms with E-state index < -0.39 is 0 Å². The fourth-order valence-corrected chi connectivity index (χ4v) is 4.54. The molecule has 3 aromatic carbocycles. The number of thioether (sulfide) groups is 1. The van der Waals surface area contributed by atoms with E-state index in [1.165, 1.54) is 24.4 Å². The second-order valence-electron chi connectivity index (χ2n) is 7.59. The smallest absolute Gasteiger partial charge is 0.264 e. The third-order valence-corrected chi connectivity index (χ3v) is 6.48. The highest BCUT2D eigenvalue weighted by Crippen LogP contribution is 2.38. The zero-order chi connectivity index (χ0) is 24.8. The molecule has 35 heavy (non-hydrogen) atoms. The largest absolute Gasteiger partial charge is 0.493 e. The Labute approximate surface area is 213 Å². The molecule has 0 aliphatic carbocycles. The molecule has 1 aliphatic heterocycles. The summed E-state index contributed by atoms with van der Waals surface area (Å²) < 4.78 is 11.4. The molecule has 1 amide bonds. The molecule has 0 radical (unpaired) electrons. The Kier molecular flexibility index (Phi) is 7.76. The van der Waals surface area contributed by atoms with Crippen LogP contribution >= 0.6 is 23.4 Å². The lowest BCUT2D eigenvalue weighted by Gasteiger charge is -2.14. The van der Waals surface area contributed by atoms with Crippen molar-refractivity contribution in [2.45, 2.75) is 20.0 Å². The number of amidine groups is 1. The van der Waals surface area contributed by atoms with Crippen molar-refractivity contribution in [3.63, 3.8) is 0 Å². The molecule has 0 unspecified atom stereocenters. The van der Waals surface area contributed by atoms with Gasteiger partial charge in [-0.05, 0) is 65.7 Å². The lowest BCUT2D eigenvalue weighted by atomic mass is 10.1. The number of halogens is 1. The number of nitrogens with one attached hydrogen (secondary N) is 1. The Bertz CT molecular complexity index is 1360. The standard InChI is InChI=1S/C27H22ClN3O3S/c1-3-17-8-10-21(11-9-17)30-27-31-26(32)24(35-27)14-18-12-22(28)25(23(13-18)33-2)34-16-20-7-5-4-6-19(20)15-29/h4-14H,3,16H2,1-2H3,(H,30,31,32)/b24-14-. The Morgan fingerprint density at radius 3 is 2.66 bits per heavy atom. The minimum absolute atomic E-state index is 0.164. The number of nitriles is 1. The predicted molar refractivity (Wildman–Crippen MR) is 140 cm³/mol. The van der Waals surface area contributed by atoms with Gasteiger partial charge in [-0.3, -0.25) is 4.79 Å². The molecule has 0 bridgehead atoms. The molecule has 4 rings (SSSR count). The number of nitrogens with zero attached hydrogens (tertiary/aromatic N) is 2. The van der Waals surface area contributed by atoms with Gasteiger partial charge in [0.15, 0.2) is 16.7 Å². The summed E-state index contributed by atoms with van der Waals surface area (Å²) in [6.45, 7) is 2.26. The summed E-state index contributed by atoms with van der Waals surface area (Å²) in [6, 6.07) is 20.7. The number of benzene rings is 3. The van der Waals surface area contributed by atoms with Crippen LogP contribution in [-0.4, -0.2) is 18.2 Å². The van der Waals surface area contributed by atoms with Gasteiger partial charge in [-0.25, -0.2) is 4.99 Å². The minimum atomic E-state index is -0.234. The molecule has 1 fully saturated rings. The van der Waals surface area contributed by atoms with Crippen LogP contribution < -0.4 is 14.8 Å². The van der Waals surface area contributed by atoms with E-state index in [1.807, 2.05) is 36.4 Å². The van der Waals surface area contributed by atoms with Gasteiger partial charge in [0.1, 0.15) is 6.61 Å². The molecule has 1 aliphatic rings. The summed E-state index contributed by atoms with van der Waals surface area (Å²) in [5, 5.41) is 12.9. The molecule has 1 saturated heterocycles. The molecule has 176 valence electrons. The molecule has 0 saturated carbocycles. The Balaban J connectivity index is 1.53. The maximum absolute atomic E-state index is 12.5. The Morgan fingerprint density at radius 1 is 1.17 bits per heavy atom. The van der Waals surface area contributed by atoms with Gasteiger partial charge >= 0.3 is 0 Å². The Morgan fingerprint density at radius 2 is 1.94 bits per heavy atom. The molecule has 8 heteroatoms. The minimum Gasteiger partial charge on any atom is -0.493 e. The number of methoxy groups -OCH3 is 1. The molecule has 1 N–H and O–H groups in total. The van der Waals surface area contributed by atoms with Gasteiger partial charge in [-0.15, -0.1) is 0 Å². The van der Waals surface area contributed by atoms with Crippen molar-refractivity contribution in [2.75, 3.05) is 7.11 Å². The van der Waals surface area contributed by atoms with Gasteiger partial charge in [0, 0.05) is 5.56 Å². The quantitative estimate of drug-likeness (QED) is 0.385. The average Bonchev–Trinajstić information content (AvgIpc) is 3.21. The van der Waals surface area contributed by atoms with Crippen molar-refractivity contribution in [1.82, 2.24) is 5.32 Å². The maximum Gasteiger partial charge on any atom is 0.264 e. The van der Waals surface area contributed by atoms with Crippen molar-refractivity contribution >= 4 is 46.2 Å². The summed E-state index contributed by atoms with van der Waals surface area (Å²) in [4.78, 5) is 17.5. The van der Waals surface area contributed by atoms with Crippen LogP contribution in [0.15, 0.2) is 70.6 Å². The van der Waals surface area contributed by atoms with Gasteiger partial charge < -0.3 is 14.8 Å². The first kappa shape index (κ1) is 24.4. The molecule has 1 heterocycles. The van der Waals surface area contributed by atoms with Crippen molar-refractivity contribution in [2.24, 2.45) is 4.99 Å². The third kappa shape index (κ3) is 5.86. The molecular formula is C27H22ClN3O3S. The van der Waals surface area contributed by atoms with Gasteiger partial charge in [-0.2, -0.15) is 5.26 Å². The van der Waals surface area contributed by atoms with Crippen LogP contribution in [0.2, 0.25) is 5.02 Å². The lowest BCUT2D eigenvalue weighted by Crippen LogP contribution is -2.19. The van der Waals surface area contributed by atoms with E-state index in [0.29, 0.717) is 37.7 Å². The van der Waals surface area contributed by atoms with E-state index in [4.69, 9.17) is 21.1 Å². The summed E-state index contributed by atoms with van der Waals surface area (Å²) in [5.74, 6) is 0.555. The number of hydrogen-bond acceptors (Lipinski definition) is 6. The molecule has 0 atom stereocenters. The van der Waals surface area contributed by atoms with Gasteiger partial charge in [-0.1, -0.05) is 48.9 Å². The first-order valence-electron chi connectivity index (χ1n) is 10.9. The highest BCUT2D eigenvalue weighted by molar-refractivity contribution is 8.18. The van der Waals surface area contributed by atoms with Crippen LogP contribution in [-0.2, 0) is 17.8 Å². The fraction of sp³-hybridized carbons (Fsp3) is 0.148. The molecule has 0 spiro atoms. The van der Waals surface area contributed by atoms with Crippen molar-refractivity contribution in [3.05, 3.63) is 92.8 Å². The van der Waals surface area contributed by atoms with Crippen LogP contribution in [0.25, 0.3) is 6.08 Å². The van der Waals surface area contributed by atoms with Crippen LogP contribution in [0.5, 0.6) is 11.5 Å². The van der Waals surface area contributed by atoms with E-state index in [-0.39, 0.29) is 12.5 Å². The van der Waals surface area contributed by atoms with Crippen LogP contribution in [0.1, 0.15) is 29.2 Å². The van der Waals surface area contributed by atoms with E-state index in [2.05, 4.69) is 23.3 Å². The summed E-state index contributed by atoms with van der Waals surface area (Å²) in [7, 11) is 1.52. The summed E-state index contributed by atoms with van der Waals surface area (Å²) in [5.41, 5.74) is 3.96. The number of rotatable bonds is 7. The molecular weight excluding hydrogens is 482 g/mol. The summed E-state index contributed by atoms with van der Waals surface area (Å²) >= 11 is 7.76. The zero-order valence-corrected chi connectivity index (χ0v) is 20.7. The lowest BCUT2D eigenvalue weighted by molar-refractivity contribution is -0.115. The van der Waals surface area contributed by atoms with Gasteiger partial charge in [0.25, 0.3) is 5.91 Å². The van der Waals surface area contributed by atoms with E-state index in [9.17, 15) is 10.1 Å². The second-order valence-corrected chi connectivity index (χ2v) is 9.03. The number of amides is 1. The van der Waals surface area contributed by atoms with E-state index in [0.717, 1.165) is 17.7 Å². The second kappa shape index (κ2) is 11.1. The van der Waals surface area contributed by atoms with Crippen LogP contribution in [0.4, 0.5) is 5.69 Å². The average molecular weight is 504 g/mol. The van der Waals surface area contributed by atoms with Crippen molar-refractivity contribution < 1.29 is 14.3 Å². The summed E-state index contributed by atoms with van der Waals surface area (Å²) in [6.07, 6.45) is 2.68. The molecule has 3 aromatic rings. The first-order valence-corrected chi connectivity index (χ1v) is 12.1. The third-order valence-electron chi connectivity index (χ3n) is 5.29. The van der Waals surface area contributed by atoms with Crippen LogP contribution in [0, 0.1) is 11.3 Å². The van der Waals surface area contributed by atoms with E-state index in [1.54, 1.807) is 30.3 Å². The normalized spacial score (nSPS) is 15.2. The SMILES string of the molecule is CCc1ccc(N=C2NC(=O)/C(=C/c3cc(Cl)c(OCc4ccccc4C#N)c(OC)c3)S2)cc1. The highest BCUT2D eigenvalue weighted by atomic mass is 35.5. The maximum atomic E-state index is 12.5. The predicted octanol–water partition coefficient (Wildman–Crippen LogP) is 6.25. The van der Waals surface area contributed by atoms with Crippen molar-refractivity contribution in [3.8, 4) is 17.6 Å². The van der Waals surface area contributed by atoms with Crippen molar-refractivity contribution in [1.29, 1.82) is 5.26 Å². The number of carbonyl (C=O) groups is 1. The number of ether oxygens (including phenoxy) is 2. The molecule has 0 aromatic heterocycles. The monoisotopic (exact) mass is 503 g/mol. The topological polar surface area (TPSA) is 83.7 Å². The first-order chi connectivity index (χ1) is 17.0. The fourth-order valence-electron chi connectivity index (χ4n) is 3.42. The number of carbonyl (C=O) groups excluding carboxylic acids is 1. The Hall–Kier alpha value is -3.73. The number of aryl methyl sites for hydroxylation is 1. The number of hydrogen-bond donors (Lipinski definition) is 1. The van der Waals surface area contributed by atoms with Gasteiger partial charge in [0.05, 0.1) is 34.4 Å². The van der Waals surface area contributed by atoms with Gasteiger partial charge in [0.2, 0.25) is 0 Å². The zero-order valence-electron chi connectivity index (χ0n) is 19.2. The molecule has 6 nitrogen and oxygen atoms in total. The van der Waals surface area contributed by atoms with E-state index >= 15 is 0 Å².